The molecular formula is C27H14ClF5. The van der Waals surface area contributed by atoms with Gasteiger partial charge in [-0.25, -0.2) is 22.0 Å². The van der Waals surface area contributed by atoms with Crippen LogP contribution in [-0.2, 0) is 5.41 Å². The van der Waals surface area contributed by atoms with E-state index >= 15 is 8.78 Å². The average Bonchev–Trinajstić information content (AvgIpc) is 3.12. The van der Waals surface area contributed by atoms with E-state index in [9.17, 15) is 13.2 Å². The van der Waals surface area contributed by atoms with E-state index in [0.29, 0.717) is 27.8 Å². The smallest absolute Gasteiger partial charge is 0.200 e. The molecular weight excluding hydrogens is 455 g/mol. The van der Waals surface area contributed by atoms with Crippen LogP contribution in [0.4, 0.5) is 22.0 Å². The SMILES string of the molecule is C=Cc1ccc(C2(c3c(F)c(F)c(F)c(F)c3F)c3ccccc3-c3ccc(Cl)cc32)cc1. The van der Waals surface area contributed by atoms with Crippen LogP contribution >= 0.6 is 11.6 Å². The van der Waals surface area contributed by atoms with Gasteiger partial charge in [0.15, 0.2) is 23.3 Å². The summed E-state index contributed by atoms with van der Waals surface area (Å²) in [6.07, 6.45) is 1.59. The Hall–Kier alpha value is -3.44. The molecule has 0 amide bonds. The van der Waals surface area contributed by atoms with Crippen molar-refractivity contribution in [1.82, 2.24) is 0 Å². The van der Waals surface area contributed by atoms with Crippen LogP contribution in [0.25, 0.3) is 17.2 Å². The first-order valence-electron chi connectivity index (χ1n) is 9.97. The molecule has 0 saturated carbocycles. The Bertz CT molecular complexity index is 1410. The first-order valence-corrected chi connectivity index (χ1v) is 10.3. The molecule has 0 fully saturated rings. The molecule has 1 atom stereocenters. The largest absolute Gasteiger partial charge is 0.203 e. The van der Waals surface area contributed by atoms with Crippen molar-refractivity contribution in [3.8, 4) is 11.1 Å². The second-order valence-electron chi connectivity index (χ2n) is 7.76. The van der Waals surface area contributed by atoms with Crippen LogP contribution < -0.4 is 0 Å². The second-order valence-corrected chi connectivity index (χ2v) is 8.19. The number of benzene rings is 4. The van der Waals surface area contributed by atoms with Crippen molar-refractivity contribution in [1.29, 1.82) is 0 Å². The summed E-state index contributed by atoms with van der Waals surface area (Å²) in [5.74, 6) is -9.98. The van der Waals surface area contributed by atoms with Crippen LogP contribution in [0, 0.1) is 29.1 Å². The van der Waals surface area contributed by atoms with E-state index in [-0.39, 0.29) is 5.02 Å². The molecule has 1 unspecified atom stereocenters. The maximum atomic E-state index is 15.4. The zero-order valence-corrected chi connectivity index (χ0v) is 17.7. The Labute approximate surface area is 191 Å². The molecule has 5 rings (SSSR count). The van der Waals surface area contributed by atoms with Crippen molar-refractivity contribution in [3.63, 3.8) is 0 Å². The third kappa shape index (κ3) is 2.82. The van der Waals surface area contributed by atoms with E-state index in [1.807, 2.05) is 0 Å². The lowest BCUT2D eigenvalue weighted by Gasteiger charge is -2.34. The van der Waals surface area contributed by atoms with Crippen molar-refractivity contribution in [2.24, 2.45) is 0 Å². The van der Waals surface area contributed by atoms with Gasteiger partial charge in [-0.2, -0.15) is 0 Å². The Balaban J connectivity index is 2.04. The fraction of sp³-hybridized carbons (Fsp3) is 0.0370. The van der Waals surface area contributed by atoms with Crippen LogP contribution in [0.5, 0.6) is 0 Å². The zero-order chi connectivity index (χ0) is 23.5. The monoisotopic (exact) mass is 468 g/mol. The standard InChI is InChI=1S/C27H14ClF5/c1-2-14-7-9-15(10-8-14)27(21-22(29)24(31)26(33)25(32)23(21)30)19-6-4-3-5-17(19)18-12-11-16(28)13-20(18)27/h2-13H,1H2. The minimum Gasteiger partial charge on any atom is -0.203 e. The summed E-state index contributed by atoms with van der Waals surface area (Å²) in [4.78, 5) is 0. The highest BCUT2D eigenvalue weighted by Crippen LogP contribution is 2.57. The molecule has 0 saturated heterocycles. The fourth-order valence-electron chi connectivity index (χ4n) is 4.78. The van der Waals surface area contributed by atoms with Crippen LogP contribution in [0.15, 0.2) is 73.3 Å². The topological polar surface area (TPSA) is 0 Å². The normalized spacial score (nSPS) is 16.4. The molecule has 0 spiro atoms. The lowest BCUT2D eigenvalue weighted by molar-refractivity contribution is 0.363. The summed E-state index contributed by atoms with van der Waals surface area (Å²) in [6, 6.07) is 18.1. The molecule has 0 N–H and O–H groups in total. The number of hydrogen-bond acceptors (Lipinski definition) is 0. The van der Waals surface area contributed by atoms with Gasteiger partial charge in [-0.1, -0.05) is 78.9 Å². The van der Waals surface area contributed by atoms with E-state index in [0.717, 1.165) is 5.56 Å². The number of hydrogen-bond donors (Lipinski definition) is 0. The van der Waals surface area contributed by atoms with Gasteiger partial charge < -0.3 is 0 Å². The van der Waals surface area contributed by atoms with Gasteiger partial charge in [0.05, 0.1) is 5.41 Å². The predicted octanol–water partition coefficient (Wildman–Crippen LogP) is 8.04. The van der Waals surface area contributed by atoms with E-state index in [2.05, 4.69) is 6.58 Å². The minimum atomic E-state index is -2.21. The fourth-order valence-corrected chi connectivity index (χ4v) is 4.95. The molecule has 4 aromatic rings. The Morgan fingerprint density at radius 2 is 1.24 bits per heavy atom. The number of rotatable bonds is 3. The molecule has 1 aliphatic rings. The molecule has 6 heteroatoms. The first kappa shape index (κ1) is 21.4. The van der Waals surface area contributed by atoms with Crippen molar-refractivity contribution < 1.29 is 22.0 Å². The van der Waals surface area contributed by atoms with Crippen LogP contribution in [-0.4, -0.2) is 0 Å². The molecule has 0 nitrogen and oxygen atoms in total. The summed E-state index contributed by atoms with van der Waals surface area (Å²) >= 11 is 6.27. The van der Waals surface area contributed by atoms with Gasteiger partial charge in [0.2, 0.25) is 5.82 Å². The van der Waals surface area contributed by atoms with Crippen LogP contribution in [0.3, 0.4) is 0 Å². The Morgan fingerprint density at radius 1 is 0.667 bits per heavy atom. The summed E-state index contributed by atoms with van der Waals surface area (Å²) < 4.78 is 73.9. The van der Waals surface area contributed by atoms with E-state index in [1.54, 1.807) is 66.7 Å². The van der Waals surface area contributed by atoms with Crippen molar-refractivity contribution >= 4 is 17.7 Å². The van der Waals surface area contributed by atoms with E-state index in [1.165, 1.54) is 6.07 Å². The molecule has 1 aliphatic carbocycles. The van der Waals surface area contributed by atoms with Crippen molar-refractivity contribution in [3.05, 3.63) is 135 Å². The third-order valence-corrected chi connectivity index (χ3v) is 6.41. The van der Waals surface area contributed by atoms with Gasteiger partial charge >= 0.3 is 0 Å². The van der Waals surface area contributed by atoms with E-state index < -0.39 is 40.1 Å². The summed E-state index contributed by atoms with van der Waals surface area (Å²) in [7, 11) is 0. The molecule has 0 heterocycles. The predicted molar refractivity (Wildman–Crippen MR) is 119 cm³/mol. The zero-order valence-electron chi connectivity index (χ0n) is 16.9. The quantitative estimate of drug-likeness (QED) is 0.143. The number of fused-ring (bicyclic) bond motifs is 3. The van der Waals surface area contributed by atoms with E-state index in [4.69, 9.17) is 11.6 Å². The van der Waals surface area contributed by atoms with Gasteiger partial charge in [0.25, 0.3) is 0 Å². The third-order valence-electron chi connectivity index (χ3n) is 6.17. The molecule has 33 heavy (non-hydrogen) atoms. The highest BCUT2D eigenvalue weighted by molar-refractivity contribution is 6.30. The Morgan fingerprint density at radius 3 is 1.88 bits per heavy atom. The maximum absolute atomic E-state index is 15.4. The lowest BCUT2D eigenvalue weighted by Crippen LogP contribution is -2.32. The van der Waals surface area contributed by atoms with Gasteiger partial charge in [-0.15, -0.1) is 0 Å². The lowest BCUT2D eigenvalue weighted by atomic mass is 9.67. The van der Waals surface area contributed by atoms with Crippen molar-refractivity contribution in [2.45, 2.75) is 5.41 Å². The number of halogens is 6. The summed E-state index contributed by atoms with van der Waals surface area (Å²) in [5, 5.41) is 0.262. The van der Waals surface area contributed by atoms with Gasteiger partial charge in [-0.3, -0.25) is 0 Å². The Kier molecular flexibility index (Phi) is 4.91. The van der Waals surface area contributed by atoms with Crippen LogP contribution in [0.2, 0.25) is 5.02 Å². The highest BCUT2D eigenvalue weighted by atomic mass is 35.5. The summed E-state index contributed by atoms with van der Waals surface area (Å²) in [6.45, 7) is 3.70. The van der Waals surface area contributed by atoms with Crippen LogP contribution in [0.1, 0.15) is 27.8 Å². The molecule has 0 radical (unpaired) electrons. The molecule has 4 aromatic carbocycles. The van der Waals surface area contributed by atoms with Crippen molar-refractivity contribution in [2.75, 3.05) is 0 Å². The molecule has 164 valence electrons. The first-order chi connectivity index (χ1) is 15.8. The van der Waals surface area contributed by atoms with Gasteiger partial charge in [0, 0.05) is 10.6 Å². The minimum absolute atomic E-state index is 0.262. The molecule has 0 aliphatic heterocycles. The van der Waals surface area contributed by atoms with Gasteiger partial charge in [-0.05, 0) is 45.5 Å². The molecule has 0 aromatic heterocycles. The summed E-state index contributed by atoms with van der Waals surface area (Å²) in [5.41, 5.74) is 0.183. The van der Waals surface area contributed by atoms with Gasteiger partial charge in [0.1, 0.15) is 0 Å². The second kappa shape index (κ2) is 7.56. The average molecular weight is 469 g/mol. The molecule has 0 bridgehead atoms. The maximum Gasteiger partial charge on any atom is 0.200 e. The highest BCUT2D eigenvalue weighted by Gasteiger charge is 2.51.